The van der Waals surface area contributed by atoms with Crippen molar-refractivity contribution in [2.45, 2.75) is 6.18 Å². The zero-order chi connectivity index (χ0) is 15.6. The van der Waals surface area contributed by atoms with E-state index in [9.17, 15) is 18.0 Å². The van der Waals surface area contributed by atoms with E-state index in [2.05, 4.69) is 9.72 Å². The number of carbonyl (C=O) groups is 1. The molecule has 3 nitrogen and oxygen atoms in total. The van der Waals surface area contributed by atoms with Gasteiger partial charge in [-0.05, 0) is 40.3 Å². The second-order valence-corrected chi connectivity index (χ2v) is 5.25. The predicted octanol–water partition coefficient (Wildman–Crippen LogP) is 4.16. The molecule has 2 rings (SSSR count). The van der Waals surface area contributed by atoms with Gasteiger partial charge in [-0.1, -0.05) is 18.2 Å². The largest absolute Gasteiger partial charge is 0.464 e. The van der Waals surface area contributed by atoms with Gasteiger partial charge in [0.2, 0.25) is 0 Å². The molecule has 0 bridgehead atoms. The van der Waals surface area contributed by atoms with Crippen molar-refractivity contribution in [3.8, 4) is 11.1 Å². The van der Waals surface area contributed by atoms with Crippen molar-refractivity contribution in [3.63, 3.8) is 0 Å². The van der Waals surface area contributed by atoms with Crippen LogP contribution in [0.15, 0.2) is 36.5 Å². The van der Waals surface area contributed by atoms with E-state index in [0.29, 0.717) is 9.13 Å². The SMILES string of the molecule is COC(=O)c1ncc(-c2ccccc2C(F)(F)F)cc1I. The monoisotopic (exact) mass is 407 g/mol. The number of alkyl halides is 3. The Morgan fingerprint density at radius 1 is 1.29 bits per heavy atom. The number of hydrogen-bond acceptors (Lipinski definition) is 3. The lowest BCUT2D eigenvalue weighted by atomic mass is 10.0. The number of carbonyl (C=O) groups excluding carboxylic acids is 1. The molecule has 0 aliphatic rings. The maximum absolute atomic E-state index is 13.0. The molecule has 0 fully saturated rings. The van der Waals surface area contributed by atoms with Crippen LogP contribution in [0.2, 0.25) is 0 Å². The zero-order valence-corrected chi connectivity index (χ0v) is 12.9. The highest BCUT2D eigenvalue weighted by Crippen LogP contribution is 2.37. The summed E-state index contributed by atoms with van der Waals surface area (Å²) < 4.78 is 44.0. The smallest absolute Gasteiger partial charge is 0.417 e. The summed E-state index contributed by atoms with van der Waals surface area (Å²) in [5.74, 6) is -0.630. The lowest BCUT2D eigenvalue weighted by molar-refractivity contribution is -0.137. The lowest BCUT2D eigenvalue weighted by Gasteiger charge is -2.13. The minimum Gasteiger partial charge on any atom is -0.464 e. The van der Waals surface area contributed by atoms with Crippen LogP contribution in [-0.2, 0) is 10.9 Å². The van der Waals surface area contributed by atoms with Gasteiger partial charge in [-0.2, -0.15) is 13.2 Å². The molecule has 1 heterocycles. The Labute approximate surface area is 132 Å². The Balaban J connectivity index is 2.54. The van der Waals surface area contributed by atoms with E-state index >= 15 is 0 Å². The molecule has 1 aromatic carbocycles. The van der Waals surface area contributed by atoms with Gasteiger partial charge >= 0.3 is 12.1 Å². The summed E-state index contributed by atoms with van der Waals surface area (Å²) in [5, 5.41) is 0. The molecule has 0 amide bonds. The summed E-state index contributed by atoms with van der Waals surface area (Å²) in [6.07, 6.45) is -3.22. The van der Waals surface area contributed by atoms with E-state index in [1.165, 1.54) is 37.6 Å². The number of halogens is 4. The second-order valence-electron chi connectivity index (χ2n) is 4.09. The fourth-order valence-electron chi connectivity index (χ4n) is 1.81. The van der Waals surface area contributed by atoms with Crippen LogP contribution < -0.4 is 0 Å². The summed E-state index contributed by atoms with van der Waals surface area (Å²) in [4.78, 5) is 15.3. The van der Waals surface area contributed by atoms with Gasteiger partial charge in [0, 0.05) is 15.3 Å². The summed E-state index contributed by atoms with van der Waals surface area (Å²) in [6.45, 7) is 0. The first-order chi connectivity index (χ1) is 9.84. The number of nitrogens with zero attached hydrogens (tertiary/aromatic N) is 1. The van der Waals surface area contributed by atoms with Crippen molar-refractivity contribution in [2.75, 3.05) is 7.11 Å². The third-order valence-electron chi connectivity index (χ3n) is 2.76. The molecule has 0 radical (unpaired) electrons. The Bertz CT molecular complexity index is 686. The van der Waals surface area contributed by atoms with Crippen LogP contribution in [0.1, 0.15) is 16.1 Å². The summed E-state index contributed by atoms with van der Waals surface area (Å²) in [6, 6.07) is 6.70. The first kappa shape index (κ1) is 15.7. The molecule has 21 heavy (non-hydrogen) atoms. The average Bonchev–Trinajstić information content (AvgIpc) is 2.45. The maximum Gasteiger partial charge on any atom is 0.417 e. The number of hydrogen-bond donors (Lipinski definition) is 0. The highest BCUT2D eigenvalue weighted by atomic mass is 127. The summed E-state index contributed by atoms with van der Waals surface area (Å²) >= 11 is 1.84. The summed E-state index contributed by atoms with van der Waals surface area (Å²) in [7, 11) is 1.22. The molecule has 0 saturated carbocycles. The molecule has 0 atom stereocenters. The van der Waals surface area contributed by atoms with Crippen LogP contribution in [0.3, 0.4) is 0 Å². The molecule has 7 heteroatoms. The van der Waals surface area contributed by atoms with Crippen molar-refractivity contribution >= 4 is 28.6 Å². The van der Waals surface area contributed by atoms with Crippen molar-refractivity contribution in [2.24, 2.45) is 0 Å². The quantitative estimate of drug-likeness (QED) is 0.555. The van der Waals surface area contributed by atoms with Crippen LogP contribution >= 0.6 is 22.6 Å². The molecule has 110 valence electrons. The third kappa shape index (κ3) is 3.34. The van der Waals surface area contributed by atoms with Crippen molar-refractivity contribution in [3.05, 3.63) is 51.4 Å². The minimum atomic E-state index is -4.46. The van der Waals surface area contributed by atoms with Gasteiger partial charge in [0.25, 0.3) is 0 Å². The lowest BCUT2D eigenvalue weighted by Crippen LogP contribution is -2.09. The van der Waals surface area contributed by atoms with Gasteiger partial charge in [0.15, 0.2) is 5.69 Å². The topological polar surface area (TPSA) is 39.2 Å². The van der Waals surface area contributed by atoms with Crippen molar-refractivity contribution in [1.82, 2.24) is 4.98 Å². The highest BCUT2D eigenvalue weighted by Gasteiger charge is 2.33. The molecule has 0 aliphatic heterocycles. The van der Waals surface area contributed by atoms with Gasteiger partial charge in [-0.3, -0.25) is 0 Å². The molecule has 1 aromatic heterocycles. The normalized spacial score (nSPS) is 11.3. The standard InChI is InChI=1S/C14H9F3INO2/c1-21-13(20)12-11(18)6-8(7-19-12)9-4-2-3-5-10(9)14(15,16)17/h2-7H,1H3. The number of aromatic nitrogens is 1. The first-order valence-corrected chi connectivity index (χ1v) is 6.83. The Kier molecular flexibility index (Phi) is 4.50. The van der Waals surface area contributed by atoms with E-state index in [-0.39, 0.29) is 11.3 Å². The van der Waals surface area contributed by atoms with E-state index in [4.69, 9.17) is 0 Å². The highest BCUT2D eigenvalue weighted by molar-refractivity contribution is 14.1. The van der Waals surface area contributed by atoms with Crippen LogP contribution in [0.5, 0.6) is 0 Å². The number of methoxy groups -OCH3 is 1. The summed E-state index contributed by atoms with van der Waals surface area (Å²) in [5.41, 5.74) is -0.355. The maximum atomic E-state index is 13.0. The fourth-order valence-corrected chi connectivity index (χ4v) is 2.51. The number of benzene rings is 1. The first-order valence-electron chi connectivity index (χ1n) is 5.75. The fraction of sp³-hybridized carbons (Fsp3) is 0.143. The molecular weight excluding hydrogens is 398 g/mol. The van der Waals surface area contributed by atoms with E-state index in [0.717, 1.165) is 6.07 Å². The van der Waals surface area contributed by atoms with Crippen LogP contribution in [-0.4, -0.2) is 18.1 Å². The molecule has 2 aromatic rings. The van der Waals surface area contributed by atoms with Crippen LogP contribution in [0.4, 0.5) is 13.2 Å². The van der Waals surface area contributed by atoms with E-state index in [1.54, 1.807) is 0 Å². The molecule has 0 spiro atoms. The Morgan fingerprint density at radius 3 is 2.52 bits per heavy atom. The van der Waals surface area contributed by atoms with Crippen LogP contribution in [0.25, 0.3) is 11.1 Å². The zero-order valence-electron chi connectivity index (χ0n) is 10.7. The Morgan fingerprint density at radius 2 is 1.95 bits per heavy atom. The number of pyridine rings is 1. The van der Waals surface area contributed by atoms with Gasteiger partial charge in [0.05, 0.1) is 12.7 Å². The van der Waals surface area contributed by atoms with E-state index in [1.807, 2.05) is 22.6 Å². The number of rotatable bonds is 2. The number of esters is 1. The molecule has 0 aliphatic carbocycles. The molecule has 0 N–H and O–H groups in total. The van der Waals surface area contributed by atoms with Crippen molar-refractivity contribution in [1.29, 1.82) is 0 Å². The average molecular weight is 407 g/mol. The predicted molar refractivity (Wildman–Crippen MR) is 78.7 cm³/mol. The third-order valence-corrected chi connectivity index (χ3v) is 3.59. The van der Waals surface area contributed by atoms with Crippen molar-refractivity contribution < 1.29 is 22.7 Å². The van der Waals surface area contributed by atoms with Gasteiger partial charge in [-0.15, -0.1) is 0 Å². The van der Waals surface area contributed by atoms with E-state index < -0.39 is 17.7 Å². The number of ether oxygens (including phenoxy) is 1. The Hall–Kier alpha value is -1.64. The van der Waals surface area contributed by atoms with Crippen LogP contribution in [0, 0.1) is 3.57 Å². The van der Waals surface area contributed by atoms with Gasteiger partial charge in [-0.25, -0.2) is 9.78 Å². The van der Waals surface area contributed by atoms with Gasteiger partial charge in [0.1, 0.15) is 0 Å². The minimum absolute atomic E-state index is 0.0202. The molecular formula is C14H9F3INO2. The molecule has 0 saturated heterocycles. The van der Waals surface area contributed by atoms with Gasteiger partial charge < -0.3 is 4.74 Å². The molecule has 0 unspecified atom stereocenters. The second kappa shape index (κ2) is 6.00.